The van der Waals surface area contributed by atoms with Crippen molar-refractivity contribution in [1.82, 2.24) is 20.1 Å². The van der Waals surface area contributed by atoms with Gasteiger partial charge < -0.3 is 25.0 Å². The van der Waals surface area contributed by atoms with Gasteiger partial charge in [0.25, 0.3) is 5.91 Å². The van der Waals surface area contributed by atoms with Gasteiger partial charge in [0.05, 0.1) is 17.4 Å². The molecule has 0 spiro atoms. The molecule has 2 aromatic carbocycles. The van der Waals surface area contributed by atoms with E-state index in [2.05, 4.69) is 25.8 Å². The van der Waals surface area contributed by atoms with Crippen molar-refractivity contribution in [3.8, 4) is 22.6 Å². The molecular weight excluding hydrogens is 424 g/mol. The second kappa shape index (κ2) is 8.15. The minimum atomic E-state index is -0.359. The van der Waals surface area contributed by atoms with Crippen LogP contribution in [0.3, 0.4) is 0 Å². The summed E-state index contributed by atoms with van der Waals surface area (Å²) in [6.45, 7) is 0.161. The van der Waals surface area contributed by atoms with Crippen LogP contribution in [0.2, 0.25) is 0 Å². The van der Waals surface area contributed by atoms with Gasteiger partial charge in [-0.3, -0.25) is 14.9 Å². The number of carbonyl (C=O) groups is 2. The molecule has 0 unspecified atom stereocenters. The van der Waals surface area contributed by atoms with Crippen molar-refractivity contribution in [1.29, 1.82) is 0 Å². The Morgan fingerprint density at radius 1 is 0.939 bits per heavy atom. The van der Waals surface area contributed by atoms with Gasteiger partial charge in [-0.15, -0.1) is 0 Å². The zero-order valence-corrected chi connectivity index (χ0v) is 17.9. The molecule has 3 amide bonds. The van der Waals surface area contributed by atoms with Crippen molar-refractivity contribution >= 4 is 34.2 Å². The maximum absolute atomic E-state index is 12.9. The van der Waals surface area contributed by atoms with Gasteiger partial charge in [-0.1, -0.05) is 6.07 Å². The van der Waals surface area contributed by atoms with Gasteiger partial charge in [-0.2, -0.15) is 5.10 Å². The number of rotatable bonds is 4. The van der Waals surface area contributed by atoms with E-state index in [0.29, 0.717) is 28.3 Å². The lowest BCUT2D eigenvalue weighted by molar-refractivity contribution is 0.102. The summed E-state index contributed by atoms with van der Waals surface area (Å²) in [5.41, 5.74) is 3.74. The number of fused-ring (bicyclic) bond motifs is 2. The Morgan fingerprint density at radius 2 is 1.79 bits per heavy atom. The molecule has 0 saturated heterocycles. The van der Waals surface area contributed by atoms with Crippen molar-refractivity contribution in [2.24, 2.45) is 0 Å². The number of urea groups is 1. The Kier molecular flexibility index (Phi) is 5.02. The molecule has 1 aliphatic rings. The zero-order valence-electron chi connectivity index (χ0n) is 17.9. The number of hydrogen-bond donors (Lipinski definition) is 3. The largest absolute Gasteiger partial charge is 0.454 e. The number of benzene rings is 2. The predicted molar refractivity (Wildman–Crippen MR) is 123 cm³/mol. The Bertz CT molecular complexity index is 1380. The number of aromatic nitrogens is 3. The summed E-state index contributed by atoms with van der Waals surface area (Å²) in [5, 5.41) is 13.4. The number of hydrogen-bond acceptors (Lipinski definition) is 6. The van der Waals surface area contributed by atoms with Crippen LogP contribution in [0.4, 0.5) is 16.2 Å². The molecular formula is C23H20N6O4. The molecule has 3 N–H and O–H groups in total. The fourth-order valence-electron chi connectivity index (χ4n) is 3.43. The number of nitrogens with zero attached hydrogens (tertiary/aromatic N) is 3. The lowest BCUT2D eigenvalue weighted by Crippen LogP contribution is -2.27. The van der Waals surface area contributed by atoms with E-state index in [1.54, 1.807) is 44.7 Å². The van der Waals surface area contributed by atoms with Gasteiger partial charge in [0, 0.05) is 43.0 Å². The first-order valence-electron chi connectivity index (χ1n) is 10.1. The van der Waals surface area contributed by atoms with Crippen LogP contribution in [-0.2, 0) is 0 Å². The van der Waals surface area contributed by atoms with E-state index < -0.39 is 0 Å². The molecule has 0 aliphatic carbocycles. The molecule has 5 rings (SSSR count). The minimum absolute atomic E-state index is 0.161. The van der Waals surface area contributed by atoms with Gasteiger partial charge >= 0.3 is 6.03 Å². The Morgan fingerprint density at radius 3 is 2.64 bits per heavy atom. The molecule has 3 heterocycles. The maximum Gasteiger partial charge on any atom is 0.321 e. The molecule has 2 aromatic heterocycles. The predicted octanol–water partition coefficient (Wildman–Crippen LogP) is 3.70. The molecule has 0 bridgehead atoms. The number of nitrogens with one attached hydrogen (secondary N) is 3. The highest BCUT2D eigenvalue weighted by molar-refractivity contribution is 6.11. The van der Waals surface area contributed by atoms with Crippen LogP contribution in [0.5, 0.6) is 11.5 Å². The number of anilines is 2. The monoisotopic (exact) mass is 444 g/mol. The van der Waals surface area contributed by atoms with E-state index >= 15 is 0 Å². The summed E-state index contributed by atoms with van der Waals surface area (Å²) in [7, 11) is 3.32. The third-order valence-electron chi connectivity index (χ3n) is 5.14. The second-order valence-corrected chi connectivity index (χ2v) is 7.64. The average molecular weight is 444 g/mol. The molecule has 10 heteroatoms. The van der Waals surface area contributed by atoms with Crippen molar-refractivity contribution in [3.63, 3.8) is 0 Å². The number of aromatic amines is 1. The first-order chi connectivity index (χ1) is 16.0. The van der Waals surface area contributed by atoms with Crippen molar-refractivity contribution < 1.29 is 19.1 Å². The molecule has 0 saturated carbocycles. The van der Waals surface area contributed by atoms with E-state index in [9.17, 15) is 9.59 Å². The second-order valence-electron chi connectivity index (χ2n) is 7.64. The minimum Gasteiger partial charge on any atom is -0.454 e. The summed E-state index contributed by atoms with van der Waals surface area (Å²) >= 11 is 0. The molecule has 166 valence electrons. The van der Waals surface area contributed by atoms with Crippen LogP contribution in [0.25, 0.3) is 22.0 Å². The topological polar surface area (TPSA) is 121 Å². The smallest absolute Gasteiger partial charge is 0.321 e. The summed E-state index contributed by atoms with van der Waals surface area (Å²) in [6, 6.07) is 12.4. The standard InChI is InChI=1S/C23H20N6O4/c1-29(2)23(31)26-16-7-14(10-24-11-16)13-3-5-18-17(8-13)21(28-27-18)22(30)25-15-4-6-19-20(9-15)33-12-32-19/h3-11H,12H2,1-2H3,(H,25,30)(H,26,31)(H,27,28). The van der Waals surface area contributed by atoms with E-state index in [0.717, 1.165) is 16.6 Å². The van der Waals surface area contributed by atoms with E-state index in [-0.39, 0.29) is 24.4 Å². The highest BCUT2D eigenvalue weighted by Crippen LogP contribution is 2.34. The summed E-state index contributed by atoms with van der Waals surface area (Å²) in [6.07, 6.45) is 3.27. The zero-order chi connectivity index (χ0) is 22.9. The van der Waals surface area contributed by atoms with Crippen LogP contribution in [0, 0.1) is 0 Å². The number of H-pyrrole nitrogens is 1. The Hall–Kier alpha value is -4.60. The molecule has 33 heavy (non-hydrogen) atoms. The summed E-state index contributed by atoms with van der Waals surface area (Å²) in [4.78, 5) is 30.6. The van der Waals surface area contributed by atoms with Crippen LogP contribution in [0.1, 0.15) is 10.5 Å². The van der Waals surface area contributed by atoms with Crippen LogP contribution in [-0.4, -0.2) is 52.9 Å². The van der Waals surface area contributed by atoms with Crippen LogP contribution in [0.15, 0.2) is 54.9 Å². The molecule has 0 radical (unpaired) electrons. The van der Waals surface area contributed by atoms with Gasteiger partial charge in [-0.05, 0) is 35.9 Å². The van der Waals surface area contributed by atoms with Crippen molar-refractivity contribution in [3.05, 3.63) is 60.6 Å². The lowest BCUT2D eigenvalue weighted by atomic mass is 10.0. The van der Waals surface area contributed by atoms with Crippen LogP contribution >= 0.6 is 0 Å². The Balaban J connectivity index is 1.42. The van der Waals surface area contributed by atoms with Gasteiger partial charge in [-0.25, -0.2) is 4.79 Å². The fraction of sp³-hybridized carbons (Fsp3) is 0.130. The number of amides is 3. The van der Waals surface area contributed by atoms with Crippen molar-refractivity contribution in [2.75, 3.05) is 31.5 Å². The van der Waals surface area contributed by atoms with E-state index in [1.807, 2.05) is 24.3 Å². The SMILES string of the molecule is CN(C)C(=O)Nc1cncc(-c2ccc3[nH]nc(C(=O)Nc4ccc5c(c4)OCO5)c3c2)c1. The van der Waals surface area contributed by atoms with Gasteiger partial charge in [0.1, 0.15) is 0 Å². The number of ether oxygens (including phenoxy) is 2. The highest BCUT2D eigenvalue weighted by atomic mass is 16.7. The quantitative estimate of drug-likeness (QED) is 0.441. The number of pyridine rings is 1. The number of carbonyl (C=O) groups excluding carboxylic acids is 2. The molecule has 0 atom stereocenters. The summed E-state index contributed by atoms with van der Waals surface area (Å²) in [5.74, 6) is 0.860. The first kappa shape index (κ1) is 20.3. The average Bonchev–Trinajstić information content (AvgIpc) is 3.45. The molecule has 10 nitrogen and oxygen atoms in total. The maximum atomic E-state index is 12.9. The van der Waals surface area contributed by atoms with Gasteiger partial charge in [0.2, 0.25) is 6.79 Å². The van der Waals surface area contributed by atoms with Crippen LogP contribution < -0.4 is 20.1 Å². The van der Waals surface area contributed by atoms with Crippen molar-refractivity contribution in [2.45, 2.75) is 0 Å². The van der Waals surface area contributed by atoms with E-state index in [1.165, 1.54) is 4.90 Å². The van der Waals surface area contributed by atoms with E-state index in [4.69, 9.17) is 9.47 Å². The lowest BCUT2D eigenvalue weighted by Gasteiger charge is -2.12. The van der Waals surface area contributed by atoms with Gasteiger partial charge in [0.15, 0.2) is 17.2 Å². The normalized spacial score (nSPS) is 11.9. The first-order valence-corrected chi connectivity index (χ1v) is 10.1. The fourth-order valence-corrected chi connectivity index (χ4v) is 3.43. The third kappa shape index (κ3) is 4.01. The molecule has 4 aromatic rings. The molecule has 0 fully saturated rings. The third-order valence-corrected chi connectivity index (χ3v) is 5.14. The summed E-state index contributed by atoms with van der Waals surface area (Å²) < 4.78 is 10.7. The molecule has 1 aliphatic heterocycles. The highest BCUT2D eigenvalue weighted by Gasteiger charge is 2.18. The Labute approximate surface area is 188 Å².